The molecule has 0 unspecified atom stereocenters. The zero-order valence-electron chi connectivity index (χ0n) is 16.0. The van der Waals surface area contributed by atoms with Gasteiger partial charge >= 0.3 is 0 Å². The number of sulfone groups is 1. The molecule has 2 aromatic rings. The molecule has 0 aromatic heterocycles. The van der Waals surface area contributed by atoms with Crippen molar-refractivity contribution in [2.24, 2.45) is 0 Å². The number of anilines is 2. The van der Waals surface area contributed by atoms with E-state index in [4.69, 9.17) is 0 Å². The SMILES string of the molecule is CCC(=O)Nc1cc(N2CCN(C)CC2)ccc1S(=O)(=O)c1cccc(F)c1. The van der Waals surface area contributed by atoms with Crippen LogP contribution < -0.4 is 10.2 Å². The second-order valence-electron chi connectivity index (χ2n) is 6.83. The van der Waals surface area contributed by atoms with Crippen LogP contribution in [0.3, 0.4) is 0 Å². The van der Waals surface area contributed by atoms with E-state index in [1.165, 1.54) is 24.3 Å². The minimum absolute atomic E-state index is 0.0437. The van der Waals surface area contributed by atoms with E-state index in [2.05, 4.69) is 22.2 Å². The van der Waals surface area contributed by atoms with Crippen LogP contribution in [-0.4, -0.2) is 52.5 Å². The summed E-state index contributed by atoms with van der Waals surface area (Å²) in [6.45, 7) is 5.13. The number of halogens is 1. The van der Waals surface area contributed by atoms with E-state index < -0.39 is 15.7 Å². The molecule has 0 atom stereocenters. The molecule has 0 aliphatic carbocycles. The zero-order valence-corrected chi connectivity index (χ0v) is 16.8. The van der Waals surface area contributed by atoms with Crippen molar-refractivity contribution < 1.29 is 17.6 Å². The average Bonchev–Trinajstić information content (AvgIpc) is 2.68. The third-order valence-corrected chi connectivity index (χ3v) is 6.63. The number of hydrogen-bond donors (Lipinski definition) is 1. The van der Waals surface area contributed by atoms with Crippen molar-refractivity contribution >= 4 is 27.1 Å². The maximum atomic E-state index is 13.6. The van der Waals surface area contributed by atoms with Crippen molar-refractivity contribution in [1.29, 1.82) is 0 Å². The normalized spacial score (nSPS) is 15.5. The summed E-state index contributed by atoms with van der Waals surface area (Å²) in [6, 6.07) is 9.77. The van der Waals surface area contributed by atoms with Crippen LogP contribution in [0, 0.1) is 5.82 Å². The number of benzene rings is 2. The minimum Gasteiger partial charge on any atom is -0.369 e. The molecule has 2 aromatic carbocycles. The molecule has 1 fully saturated rings. The highest BCUT2D eigenvalue weighted by molar-refractivity contribution is 7.91. The Kier molecular flexibility index (Phi) is 6.00. The van der Waals surface area contributed by atoms with Crippen LogP contribution in [-0.2, 0) is 14.6 Å². The van der Waals surface area contributed by atoms with Crippen molar-refractivity contribution in [1.82, 2.24) is 4.90 Å². The average molecular weight is 405 g/mol. The van der Waals surface area contributed by atoms with Gasteiger partial charge in [0.25, 0.3) is 0 Å². The van der Waals surface area contributed by atoms with Gasteiger partial charge in [-0.1, -0.05) is 13.0 Å². The van der Waals surface area contributed by atoms with Gasteiger partial charge in [-0.05, 0) is 43.4 Å². The van der Waals surface area contributed by atoms with Gasteiger partial charge in [-0.3, -0.25) is 4.79 Å². The first-order chi connectivity index (χ1) is 13.3. The number of nitrogens with zero attached hydrogens (tertiary/aromatic N) is 2. The minimum atomic E-state index is -3.98. The number of likely N-dealkylation sites (N-methyl/N-ethyl adjacent to an activating group) is 1. The predicted octanol–water partition coefficient (Wildman–Crippen LogP) is 2.76. The van der Waals surface area contributed by atoms with E-state index in [9.17, 15) is 17.6 Å². The number of piperazine rings is 1. The zero-order chi connectivity index (χ0) is 20.3. The van der Waals surface area contributed by atoms with Crippen LogP contribution in [0.1, 0.15) is 13.3 Å². The second-order valence-corrected chi connectivity index (χ2v) is 8.75. The van der Waals surface area contributed by atoms with E-state index in [1.54, 1.807) is 19.1 Å². The summed E-state index contributed by atoms with van der Waals surface area (Å²) < 4.78 is 39.7. The third kappa shape index (κ3) is 4.34. The molecule has 8 heteroatoms. The number of hydrogen-bond acceptors (Lipinski definition) is 5. The van der Waals surface area contributed by atoms with E-state index >= 15 is 0 Å². The Hall–Kier alpha value is -2.45. The maximum absolute atomic E-state index is 13.6. The molecule has 6 nitrogen and oxygen atoms in total. The van der Waals surface area contributed by atoms with Crippen LogP contribution in [0.4, 0.5) is 15.8 Å². The Bertz CT molecular complexity index is 970. The molecule has 1 aliphatic rings. The fourth-order valence-electron chi connectivity index (χ4n) is 3.11. The van der Waals surface area contributed by atoms with Crippen LogP contribution >= 0.6 is 0 Å². The molecule has 0 spiro atoms. The van der Waals surface area contributed by atoms with Gasteiger partial charge in [-0.2, -0.15) is 0 Å². The molecule has 0 bridgehead atoms. The number of amides is 1. The van der Waals surface area contributed by atoms with E-state index in [0.717, 1.165) is 37.9 Å². The largest absolute Gasteiger partial charge is 0.369 e. The maximum Gasteiger partial charge on any atom is 0.224 e. The molecule has 0 saturated carbocycles. The number of carbonyl (C=O) groups is 1. The number of carbonyl (C=O) groups excluding carboxylic acids is 1. The summed E-state index contributed by atoms with van der Waals surface area (Å²) in [4.78, 5) is 16.2. The fourth-order valence-corrected chi connectivity index (χ4v) is 4.54. The fraction of sp³-hybridized carbons (Fsp3) is 0.350. The van der Waals surface area contributed by atoms with Crippen LogP contribution in [0.2, 0.25) is 0 Å². The van der Waals surface area contributed by atoms with E-state index in [-0.39, 0.29) is 27.8 Å². The van der Waals surface area contributed by atoms with Crippen molar-refractivity contribution in [3.8, 4) is 0 Å². The first-order valence-corrected chi connectivity index (χ1v) is 10.7. The highest BCUT2D eigenvalue weighted by Gasteiger charge is 2.24. The highest BCUT2D eigenvalue weighted by atomic mass is 32.2. The quantitative estimate of drug-likeness (QED) is 0.828. The summed E-state index contributed by atoms with van der Waals surface area (Å²) in [5.74, 6) is -0.916. The Morgan fingerprint density at radius 3 is 2.46 bits per heavy atom. The summed E-state index contributed by atoms with van der Waals surface area (Å²) in [7, 11) is -1.93. The van der Waals surface area contributed by atoms with Gasteiger partial charge in [0.15, 0.2) is 0 Å². The van der Waals surface area contributed by atoms with Gasteiger partial charge < -0.3 is 15.1 Å². The smallest absolute Gasteiger partial charge is 0.224 e. The lowest BCUT2D eigenvalue weighted by atomic mass is 10.2. The molecule has 1 saturated heterocycles. The summed E-state index contributed by atoms with van der Waals surface area (Å²) in [6.07, 6.45) is 0.220. The molecule has 0 radical (unpaired) electrons. The Labute approximate surface area is 164 Å². The number of nitrogens with one attached hydrogen (secondary N) is 1. The summed E-state index contributed by atoms with van der Waals surface area (Å²) in [5.41, 5.74) is 1.06. The molecular weight excluding hydrogens is 381 g/mol. The van der Waals surface area contributed by atoms with Gasteiger partial charge in [-0.25, -0.2) is 12.8 Å². The first-order valence-electron chi connectivity index (χ1n) is 9.19. The summed E-state index contributed by atoms with van der Waals surface area (Å²) in [5, 5.41) is 2.69. The lowest BCUT2D eigenvalue weighted by Crippen LogP contribution is -2.44. The first kappa shape index (κ1) is 20.3. The van der Waals surface area contributed by atoms with Crippen LogP contribution in [0.5, 0.6) is 0 Å². The monoisotopic (exact) mass is 405 g/mol. The highest BCUT2D eigenvalue weighted by Crippen LogP contribution is 2.32. The van der Waals surface area contributed by atoms with Crippen molar-refractivity contribution in [2.75, 3.05) is 43.4 Å². The molecule has 1 aliphatic heterocycles. The topological polar surface area (TPSA) is 69.7 Å². The predicted molar refractivity (Wildman–Crippen MR) is 107 cm³/mol. The van der Waals surface area contributed by atoms with E-state index in [0.29, 0.717) is 0 Å². The van der Waals surface area contributed by atoms with Gasteiger partial charge in [0.2, 0.25) is 15.7 Å². The molecule has 150 valence electrons. The van der Waals surface area contributed by atoms with Crippen molar-refractivity contribution in [2.45, 2.75) is 23.1 Å². The molecule has 1 heterocycles. The molecule has 1 N–H and O–H groups in total. The van der Waals surface area contributed by atoms with Crippen LogP contribution in [0.15, 0.2) is 52.3 Å². The standard InChI is InChI=1S/C20H24FN3O3S/c1-3-20(25)22-18-14-16(24-11-9-23(2)10-12-24)7-8-19(18)28(26,27)17-6-4-5-15(21)13-17/h4-8,13-14H,3,9-12H2,1-2H3,(H,22,25). The Morgan fingerprint density at radius 2 is 1.82 bits per heavy atom. The van der Waals surface area contributed by atoms with Gasteiger partial charge in [0.05, 0.1) is 15.5 Å². The third-order valence-electron chi connectivity index (χ3n) is 4.82. The lowest BCUT2D eigenvalue weighted by molar-refractivity contribution is -0.115. The second kappa shape index (κ2) is 8.28. The summed E-state index contributed by atoms with van der Waals surface area (Å²) >= 11 is 0. The van der Waals surface area contributed by atoms with Crippen molar-refractivity contribution in [3.05, 3.63) is 48.3 Å². The Morgan fingerprint density at radius 1 is 1.11 bits per heavy atom. The molecular formula is C20H24FN3O3S. The number of rotatable bonds is 5. The Balaban J connectivity index is 2.03. The molecule has 1 amide bonds. The van der Waals surface area contributed by atoms with Gasteiger partial charge in [-0.15, -0.1) is 0 Å². The van der Waals surface area contributed by atoms with Crippen LogP contribution in [0.25, 0.3) is 0 Å². The van der Waals surface area contributed by atoms with Gasteiger partial charge in [0, 0.05) is 38.3 Å². The van der Waals surface area contributed by atoms with Crippen molar-refractivity contribution in [3.63, 3.8) is 0 Å². The lowest BCUT2D eigenvalue weighted by Gasteiger charge is -2.34. The molecule has 28 heavy (non-hydrogen) atoms. The molecule has 3 rings (SSSR count). The van der Waals surface area contributed by atoms with Gasteiger partial charge in [0.1, 0.15) is 5.82 Å². The van der Waals surface area contributed by atoms with E-state index in [1.807, 2.05) is 0 Å².